The van der Waals surface area contributed by atoms with Gasteiger partial charge in [0.1, 0.15) is 9.90 Å². The summed E-state index contributed by atoms with van der Waals surface area (Å²) >= 11 is 1.56. The fourth-order valence-electron chi connectivity index (χ4n) is 3.72. The van der Waals surface area contributed by atoms with E-state index >= 15 is 0 Å². The Kier molecular flexibility index (Phi) is 5.10. The third-order valence-corrected chi connectivity index (χ3v) is 8.42. The topological polar surface area (TPSA) is 96.4 Å². The Labute approximate surface area is 190 Å². The lowest BCUT2D eigenvalue weighted by molar-refractivity contribution is 0.0863. The molecule has 0 atom stereocenters. The van der Waals surface area contributed by atoms with Crippen LogP contribution in [0.5, 0.6) is 0 Å². The number of rotatable bonds is 6. The van der Waals surface area contributed by atoms with E-state index in [0.29, 0.717) is 25.8 Å². The van der Waals surface area contributed by atoms with Crippen molar-refractivity contribution in [1.82, 2.24) is 14.6 Å². The van der Waals surface area contributed by atoms with Crippen LogP contribution in [0.1, 0.15) is 44.8 Å². The summed E-state index contributed by atoms with van der Waals surface area (Å²) in [6.45, 7) is 2.41. The van der Waals surface area contributed by atoms with Crippen molar-refractivity contribution >= 4 is 33.2 Å². The zero-order valence-corrected chi connectivity index (χ0v) is 19.0. The first-order valence-electron chi connectivity index (χ1n) is 10.4. The zero-order valence-electron chi connectivity index (χ0n) is 17.4. The summed E-state index contributed by atoms with van der Waals surface area (Å²) in [6, 6.07) is 12.2. The van der Waals surface area contributed by atoms with Crippen LogP contribution in [-0.4, -0.2) is 42.1 Å². The van der Waals surface area contributed by atoms with Gasteiger partial charge in [0, 0.05) is 35.5 Å². The molecular weight excluding hydrogens is 446 g/mol. The van der Waals surface area contributed by atoms with Crippen LogP contribution in [0.15, 0.2) is 52.7 Å². The molecule has 2 amide bonds. The van der Waals surface area contributed by atoms with Crippen LogP contribution in [-0.2, 0) is 16.4 Å². The van der Waals surface area contributed by atoms with Gasteiger partial charge in [-0.15, -0.1) is 11.3 Å². The van der Waals surface area contributed by atoms with E-state index in [4.69, 9.17) is 0 Å². The first-order valence-corrected chi connectivity index (χ1v) is 12.7. The van der Waals surface area contributed by atoms with Crippen molar-refractivity contribution in [3.8, 4) is 10.6 Å². The zero-order chi connectivity index (χ0) is 22.5. The number of nitrogens with zero attached hydrogens (tertiary/aromatic N) is 2. The molecule has 2 aliphatic rings. The molecule has 2 aromatic carbocycles. The minimum absolute atomic E-state index is 0.0794. The molecule has 0 spiro atoms. The lowest BCUT2D eigenvalue weighted by Gasteiger charge is -2.13. The highest BCUT2D eigenvalue weighted by molar-refractivity contribution is 7.90. The second-order valence-electron chi connectivity index (χ2n) is 8.06. The Bertz CT molecular complexity index is 1330. The molecule has 0 bridgehead atoms. The molecule has 1 saturated carbocycles. The van der Waals surface area contributed by atoms with Gasteiger partial charge in [-0.05, 0) is 38.0 Å². The SMILES string of the molecule is Cc1ccc(-c2nc(CCNC(=O)c3ccc4c(c3)S(=O)(=O)N(C3CC3)C4=O)cs2)cc1. The highest BCUT2D eigenvalue weighted by Gasteiger charge is 2.48. The molecule has 1 aromatic heterocycles. The van der Waals surface area contributed by atoms with Crippen LogP contribution in [0, 0.1) is 6.92 Å². The molecule has 0 unspecified atom stereocenters. The van der Waals surface area contributed by atoms with Crippen LogP contribution >= 0.6 is 11.3 Å². The van der Waals surface area contributed by atoms with E-state index in [9.17, 15) is 18.0 Å². The molecule has 32 heavy (non-hydrogen) atoms. The van der Waals surface area contributed by atoms with Crippen molar-refractivity contribution in [2.45, 2.75) is 37.1 Å². The number of benzene rings is 2. The van der Waals surface area contributed by atoms with E-state index in [1.807, 2.05) is 36.6 Å². The second-order valence-corrected chi connectivity index (χ2v) is 10.7. The van der Waals surface area contributed by atoms with Gasteiger partial charge in [0.2, 0.25) is 0 Å². The highest BCUT2D eigenvalue weighted by atomic mass is 32.2. The third-order valence-electron chi connectivity index (χ3n) is 5.61. The molecule has 1 aliphatic carbocycles. The summed E-state index contributed by atoms with van der Waals surface area (Å²) in [7, 11) is -3.88. The van der Waals surface area contributed by atoms with Crippen molar-refractivity contribution in [3.63, 3.8) is 0 Å². The molecule has 7 nitrogen and oxygen atoms in total. The molecule has 1 aliphatic heterocycles. The molecule has 0 saturated heterocycles. The maximum atomic E-state index is 12.8. The standard InChI is InChI=1S/C23H21N3O4S2/c1-14-2-4-15(5-3-14)22-25-17(13-31-22)10-11-24-21(27)16-6-9-19-20(12-16)32(29,30)26(23(19)28)18-7-8-18/h2-6,9,12-13,18H,7-8,10-11H2,1H3,(H,24,27). The van der Waals surface area contributed by atoms with Crippen molar-refractivity contribution in [2.75, 3.05) is 6.54 Å². The molecule has 5 rings (SSSR count). The number of carbonyl (C=O) groups excluding carboxylic acids is 2. The van der Waals surface area contributed by atoms with Crippen molar-refractivity contribution in [2.24, 2.45) is 0 Å². The minimum atomic E-state index is -3.88. The van der Waals surface area contributed by atoms with Gasteiger partial charge in [-0.25, -0.2) is 17.7 Å². The molecular formula is C23H21N3O4S2. The van der Waals surface area contributed by atoms with Crippen LogP contribution < -0.4 is 5.32 Å². The monoisotopic (exact) mass is 467 g/mol. The number of fused-ring (bicyclic) bond motifs is 1. The summed E-state index contributed by atoms with van der Waals surface area (Å²) in [6.07, 6.45) is 1.94. The van der Waals surface area contributed by atoms with E-state index in [0.717, 1.165) is 20.6 Å². The molecule has 164 valence electrons. The van der Waals surface area contributed by atoms with E-state index in [1.54, 1.807) is 11.3 Å². The Morgan fingerprint density at radius 2 is 1.94 bits per heavy atom. The number of nitrogens with one attached hydrogen (secondary N) is 1. The van der Waals surface area contributed by atoms with Gasteiger partial charge in [0.05, 0.1) is 11.3 Å². The first-order chi connectivity index (χ1) is 15.3. The minimum Gasteiger partial charge on any atom is -0.352 e. The fourth-order valence-corrected chi connectivity index (χ4v) is 6.42. The summed E-state index contributed by atoms with van der Waals surface area (Å²) < 4.78 is 26.5. The molecule has 9 heteroatoms. The quantitative estimate of drug-likeness (QED) is 0.599. The largest absolute Gasteiger partial charge is 0.352 e. The van der Waals surface area contributed by atoms with E-state index in [-0.39, 0.29) is 28.0 Å². The molecule has 2 heterocycles. The smallest absolute Gasteiger partial charge is 0.269 e. The van der Waals surface area contributed by atoms with Crippen molar-refractivity contribution < 1.29 is 18.0 Å². The van der Waals surface area contributed by atoms with Gasteiger partial charge in [-0.1, -0.05) is 29.8 Å². The van der Waals surface area contributed by atoms with E-state index in [2.05, 4.69) is 10.3 Å². The average Bonchev–Trinajstić information content (AvgIpc) is 3.44. The second kappa shape index (κ2) is 7.83. The number of hydrogen-bond acceptors (Lipinski definition) is 6. The number of aryl methyl sites for hydroxylation is 1. The van der Waals surface area contributed by atoms with Crippen LogP contribution in [0.3, 0.4) is 0 Å². The fraction of sp³-hybridized carbons (Fsp3) is 0.261. The Hall–Kier alpha value is -3.04. The average molecular weight is 468 g/mol. The predicted octanol–water partition coefficient (Wildman–Crippen LogP) is 3.40. The van der Waals surface area contributed by atoms with Gasteiger partial charge in [0.25, 0.3) is 21.8 Å². The van der Waals surface area contributed by atoms with Gasteiger partial charge < -0.3 is 5.32 Å². The van der Waals surface area contributed by atoms with Gasteiger partial charge in [-0.3, -0.25) is 9.59 Å². The predicted molar refractivity (Wildman–Crippen MR) is 121 cm³/mol. The lowest BCUT2D eigenvalue weighted by atomic mass is 10.1. The molecule has 1 N–H and O–H groups in total. The normalized spacial score (nSPS) is 16.8. The first kappa shape index (κ1) is 20.8. The number of sulfonamides is 1. The number of amides is 2. The highest BCUT2D eigenvalue weighted by Crippen LogP contribution is 2.39. The molecule has 1 fully saturated rings. The molecule has 3 aromatic rings. The third kappa shape index (κ3) is 3.71. The van der Waals surface area contributed by atoms with E-state index < -0.39 is 15.9 Å². The van der Waals surface area contributed by atoms with Crippen LogP contribution in [0.4, 0.5) is 0 Å². The van der Waals surface area contributed by atoms with Gasteiger partial charge >= 0.3 is 0 Å². The Morgan fingerprint density at radius 1 is 1.19 bits per heavy atom. The van der Waals surface area contributed by atoms with Crippen LogP contribution in [0.25, 0.3) is 10.6 Å². The number of thiazole rings is 1. The number of carbonyl (C=O) groups is 2. The van der Waals surface area contributed by atoms with E-state index in [1.165, 1.54) is 23.8 Å². The summed E-state index contributed by atoms with van der Waals surface area (Å²) in [5, 5.41) is 5.72. The number of hydrogen-bond donors (Lipinski definition) is 1. The summed E-state index contributed by atoms with van der Waals surface area (Å²) in [5.41, 5.74) is 3.49. The van der Waals surface area contributed by atoms with Gasteiger partial charge in [-0.2, -0.15) is 0 Å². The maximum absolute atomic E-state index is 12.8. The lowest BCUT2D eigenvalue weighted by Crippen LogP contribution is -2.32. The molecule has 0 radical (unpaired) electrons. The number of aromatic nitrogens is 1. The maximum Gasteiger partial charge on any atom is 0.269 e. The summed E-state index contributed by atoms with van der Waals surface area (Å²) in [4.78, 5) is 29.6. The summed E-state index contributed by atoms with van der Waals surface area (Å²) in [5.74, 6) is -0.878. The van der Waals surface area contributed by atoms with Crippen molar-refractivity contribution in [1.29, 1.82) is 0 Å². The Balaban J connectivity index is 1.24. The van der Waals surface area contributed by atoms with Gasteiger partial charge in [0.15, 0.2) is 0 Å². The van der Waals surface area contributed by atoms with Crippen molar-refractivity contribution in [3.05, 3.63) is 70.2 Å². The van der Waals surface area contributed by atoms with Crippen LogP contribution in [0.2, 0.25) is 0 Å². The Morgan fingerprint density at radius 3 is 2.66 bits per heavy atom.